The summed E-state index contributed by atoms with van der Waals surface area (Å²) < 4.78 is 0. The Morgan fingerprint density at radius 3 is 1.93 bits per heavy atom. The molecule has 1 heterocycles. The van der Waals surface area contributed by atoms with Crippen LogP contribution < -0.4 is 11.1 Å². The molecule has 1 rings (SSSR count). The number of hydrogen-bond acceptors (Lipinski definition) is 5. The molecule has 0 saturated carbocycles. The summed E-state index contributed by atoms with van der Waals surface area (Å²) in [7, 11) is 0. The van der Waals surface area contributed by atoms with E-state index in [0.717, 1.165) is 64.2 Å². The van der Waals surface area contributed by atoms with Crippen molar-refractivity contribution in [3.05, 3.63) is 12.2 Å². The summed E-state index contributed by atoms with van der Waals surface area (Å²) >= 11 is 0. The van der Waals surface area contributed by atoms with Crippen molar-refractivity contribution in [2.45, 2.75) is 89.5 Å². The molecule has 170 valence electrons. The number of unbranched alkanes of at least 4 members (excludes halogenated alkanes) is 9. The summed E-state index contributed by atoms with van der Waals surface area (Å²) in [4.78, 5) is 47.2. The Hall–Kier alpha value is -2.22. The molecule has 0 aromatic heterocycles. The van der Waals surface area contributed by atoms with Gasteiger partial charge in [-0.15, -0.1) is 0 Å². The van der Waals surface area contributed by atoms with Gasteiger partial charge in [-0.3, -0.25) is 19.3 Å². The number of hydrogen-bond donors (Lipinski definition) is 3. The second-order valence-electron chi connectivity index (χ2n) is 7.84. The normalized spacial score (nSPS) is 14.4. The molecule has 1 aliphatic rings. The third kappa shape index (κ3) is 11.1. The fraction of sp³-hybridized carbons (Fsp3) is 0.727. The van der Waals surface area contributed by atoms with Gasteiger partial charge in [0.05, 0.1) is 0 Å². The molecule has 1 atom stereocenters. The van der Waals surface area contributed by atoms with Gasteiger partial charge in [-0.05, 0) is 38.6 Å². The molecule has 0 aromatic rings. The fourth-order valence-corrected chi connectivity index (χ4v) is 3.46. The van der Waals surface area contributed by atoms with Crippen molar-refractivity contribution in [1.29, 1.82) is 0 Å². The lowest BCUT2D eigenvalue weighted by atomic mass is 10.1. The average molecular weight is 424 g/mol. The van der Waals surface area contributed by atoms with Crippen LogP contribution in [0.15, 0.2) is 12.2 Å². The summed E-state index contributed by atoms with van der Waals surface area (Å²) in [6, 6.07) is -0.818. The quantitative estimate of drug-likeness (QED) is 0.229. The Morgan fingerprint density at radius 1 is 0.867 bits per heavy atom. The van der Waals surface area contributed by atoms with E-state index in [-0.39, 0.29) is 17.7 Å². The number of carboxylic acids is 1. The number of imide groups is 1. The van der Waals surface area contributed by atoms with Gasteiger partial charge in [0.2, 0.25) is 5.91 Å². The summed E-state index contributed by atoms with van der Waals surface area (Å²) in [5, 5.41) is 11.8. The van der Waals surface area contributed by atoms with Crippen LogP contribution in [0, 0.1) is 0 Å². The molecule has 0 fully saturated rings. The summed E-state index contributed by atoms with van der Waals surface area (Å²) in [6.07, 6.45) is 14.0. The van der Waals surface area contributed by atoms with Crippen LogP contribution in [0.4, 0.5) is 0 Å². The highest BCUT2D eigenvalue weighted by Gasteiger charge is 2.22. The van der Waals surface area contributed by atoms with Crippen molar-refractivity contribution < 1.29 is 24.3 Å². The standard InChI is InChI=1S/C22H37N3O5/c23-16-10-9-12-18(22(29)30)24-19(26)13-8-6-4-2-1-3-5-7-11-17-25-20(27)14-15-21(25)28/h14-15,18H,1-13,16-17,23H2,(H,24,26)(H,29,30)/t18-/m0/s1. The zero-order valence-corrected chi connectivity index (χ0v) is 17.9. The van der Waals surface area contributed by atoms with Crippen molar-refractivity contribution in [2.24, 2.45) is 5.73 Å². The van der Waals surface area contributed by atoms with Crippen molar-refractivity contribution in [3.63, 3.8) is 0 Å². The second kappa shape index (κ2) is 15.6. The first-order chi connectivity index (χ1) is 14.5. The number of carboxylic acid groups (broad SMARTS) is 1. The smallest absolute Gasteiger partial charge is 0.326 e. The zero-order chi connectivity index (χ0) is 22.2. The maximum Gasteiger partial charge on any atom is 0.326 e. The number of nitrogens with one attached hydrogen (secondary N) is 1. The fourth-order valence-electron chi connectivity index (χ4n) is 3.46. The lowest BCUT2D eigenvalue weighted by Gasteiger charge is -2.14. The van der Waals surface area contributed by atoms with Gasteiger partial charge in [0.15, 0.2) is 0 Å². The molecule has 4 N–H and O–H groups in total. The summed E-state index contributed by atoms with van der Waals surface area (Å²) in [6.45, 7) is 1.03. The molecule has 0 spiro atoms. The van der Waals surface area contributed by atoms with Crippen LogP contribution in [0.25, 0.3) is 0 Å². The van der Waals surface area contributed by atoms with Crippen LogP contribution in [0.1, 0.15) is 83.5 Å². The summed E-state index contributed by atoms with van der Waals surface area (Å²) in [5.74, 6) is -1.60. The second-order valence-corrected chi connectivity index (χ2v) is 7.84. The maximum atomic E-state index is 11.9. The van der Waals surface area contributed by atoms with E-state index >= 15 is 0 Å². The summed E-state index contributed by atoms with van der Waals surface area (Å²) in [5.41, 5.74) is 5.41. The first-order valence-corrected chi connectivity index (χ1v) is 11.2. The van der Waals surface area contributed by atoms with Crippen LogP contribution >= 0.6 is 0 Å². The van der Waals surface area contributed by atoms with E-state index in [4.69, 9.17) is 10.8 Å². The highest BCUT2D eigenvalue weighted by Crippen LogP contribution is 2.12. The molecule has 0 unspecified atom stereocenters. The Morgan fingerprint density at radius 2 is 1.40 bits per heavy atom. The third-order valence-electron chi connectivity index (χ3n) is 5.27. The first kappa shape index (κ1) is 25.8. The minimum atomic E-state index is -0.990. The number of carbonyl (C=O) groups excluding carboxylic acids is 3. The molecule has 0 aromatic carbocycles. The van der Waals surface area contributed by atoms with E-state index in [9.17, 15) is 19.2 Å². The van der Waals surface area contributed by atoms with Gasteiger partial charge in [0, 0.05) is 25.1 Å². The number of nitrogens with two attached hydrogens (primary N) is 1. The molecule has 8 nitrogen and oxygen atoms in total. The van der Waals surface area contributed by atoms with Crippen LogP contribution in [-0.2, 0) is 19.2 Å². The van der Waals surface area contributed by atoms with Gasteiger partial charge in [-0.1, -0.05) is 44.9 Å². The third-order valence-corrected chi connectivity index (χ3v) is 5.27. The predicted molar refractivity (Wildman–Crippen MR) is 115 cm³/mol. The number of aliphatic carboxylic acids is 1. The van der Waals surface area contributed by atoms with Crippen LogP contribution in [0.2, 0.25) is 0 Å². The van der Waals surface area contributed by atoms with Gasteiger partial charge in [0.1, 0.15) is 6.04 Å². The van der Waals surface area contributed by atoms with Gasteiger partial charge in [-0.25, -0.2) is 4.79 Å². The number of rotatable bonds is 18. The topological polar surface area (TPSA) is 130 Å². The van der Waals surface area contributed by atoms with E-state index in [2.05, 4.69) is 5.32 Å². The van der Waals surface area contributed by atoms with Crippen molar-refractivity contribution in [1.82, 2.24) is 10.2 Å². The molecular weight excluding hydrogens is 386 g/mol. The maximum absolute atomic E-state index is 11.9. The van der Waals surface area contributed by atoms with E-state index < -0.39 is 12.0 Å². The van der Waals surface area contributed by atoms with Crippen LogP contribution in [0.3, 0.4) is 0 Å². The molecule has 0 saturated heterocycles. The van der Waals surface area contributed by atoms with Gasteiger partial charge >= 0.3 is 5.97 Å². The highest BCUT2D eigenvalue weighted by molar-refractivity contribution is 6.12. The molecule has 8 heteroatoms. The lowest BCUT2D eigenvalue weighted by molar-refractivity contribution is -0.142. The Balaban J connectivity index is 1.93. The van der Waals surface area contributed by atoms with E-state index in [1.807, 2.05) is 0 Å². The molecule has 3 amide bonds. The van der Waals surface area contributed by atoms with E-state index in [1.54, 1.807) is 0 Å². The van der Waals surface area contributed by atoms with Crippen LogP contribution in [-0.4, -0.2) is 52.8 Å². The molecule has 0 aliphatic carbocycles. The molecule has 1 aliphatic heterocycles. The van der Waals surface area contributed by atoms with Gasteiger partial charge in [0.25, 0.3) is 11.8 Å². The van der Waals surface area contributed by atoms with E-state index in [1.165, 1.54) is 17.1 Å². The Bertz CT molecular complexity index is 573. The molecule has 0 bridgehead atoms. The molecule has 0 radical (unpaired) electrons. The predicted octanol–water partition coefficient (Wildman–Crippen LogP) is 2.51. The molecular formula is C22H37N3O5. The van der Waals surface area contributed by atoms with Crippen molar-refractivity contribution in [3.8, 4) is 0 Å². The largest absolute Gasteiger partial charge is 0.480 e. The number of carbonyl (C=O) groups is 4. The van der Waals surface area contributed by atoms with Crippen LogP contribution in [0.5, 0.6) is 0 Å². The zero-order valence-electron chi connectivity index (χ0n) is 17.9. The minimum Gasteiger partial charge on any atom is -0.480 e. The minimum absolute atomic E-state index is 0.194. The highest BCUT2D eigenvalue weighted by atomic mass is 16.4. The van der Waals surface area contributed by atoms with Gasteiger partial charge in [-0.2, -0.15) is 0 Å². The monoisotopic (exact) mass is 423 g/mol. The Labute approximate surface area is 179 Å². The average Bonchev–Trinajstić information content (AvgIpc) is 3.03. The number of amides is 3. The Kier molecular flexibility index (Phi) is 13.4. The molecule has 30 heavy (non-hydrogen) atoms. The van der Waals surface area contributed by atoms with Crippen molar-refractivity contribution >= 4 is 23.7 Å². The van der Waals surface area contributed by atoms with E-state index in [0.29, 0.717) is 32.4 Å². The first-order valence-electron chi connectivity index (χ1n) is 11.2. The lowest BCUT2D eigenvalue weighted by Crippen LogP contribution is -2.40. The SMILES string of the molecule is NCCCC[C@H](NC(=O)CCCCCCCCCCCN1C(=O)C=CC1=O)C(=O)O. The van der Waals surface area contributed by atoms with Gasteiger partial charge < -0.3 is 16.2 Å². The number of nitrogens with zero attached hydrogens (tertiary/aromatic N) is 1. The van der Waals surface area contributed by atoms with Crippen molar-refractivity contribution in [2.75, 3.05) is 13.1 Å².